The molecule has 4 heteroatoms. The first-order valence-corrected chi connectivity index (χ1v) is 5.55. The van der Waals surface area contributed by atoms with Crippen LogP contribution in [0.5, 0.6) is 5.75 Å². The molecule has 1 aliphatic heterocycles. The molecule has 1 N–H and O–H groups in total. The summed E-state index contributed by atoms with van der Waals surface area (Å²) in [6.07, 6.45) is 0.0414. The zero-order chi connectivity index (χ0) is 11.0. The number of aliphatic carboxylic acids is 1. The summed E-state index contributed by atoms with van der Waals surface area (Å²) in [6, 6.07) is 5.73. The van der Waals surface area contributed by atoms with Crippen LogP contribution in [0, 0.1) is 0 Å². The summed E-state index contributed by atoms with van der Waals surface area (Å²) in [7, 11) is 0. The maximum absolute atomic E-state index is 10.7. The molecule has 0 bridgehead atoms. The minimum absolute atomic E-state index is 0.0463. The highest BCUT2D eigenvalue weighted by molar-refractivity contribution is 9.10. The van der Waals surface area contributed by atoms with Gasteiger partial charge in [0, 0.05) is 11.5 Å². The van der Waals surface area contributed by atoms with Crippen molar-refractivity contribution in [1.29, 1.82) is 0 Å². The van der Waals surface area contributed by atoms with Crippen molar-refractivity contribution < 1.29 is 14.6 Å². The fraction of sp³-hybridized carbons (Fsp3) is 0.364. The summed E-state index contributed by atoms with van der Waals surface area (Å²) < 4.78 is 6.53. The predicted molar refractivity (Wildman–Crippen MR) is 59.2 cm³/mol. The van der Waals surface area contributed by atoms with E-state index in [1.54, 1.807) is 0 Å². The van der Waals surface area contributed by atoms with Gasteiger partial charge in [-0.05, 0) is 28.9 Å². The highest BCUT2D eigenvalue weighted by Crippen LogP contribution is 2.44. The molecule has 0 spiro atoms. The smallest absolute Gasteiger partial charge is 0.304 e. The molecule has 1 aliphatic rings. The second-order valence-electron chi connectivity index (χ2n) is 3.69. The van der Waals surface area contributed by atoms with Crippen LogP contribution in [0.15, 0.2) is 22.7 Å². The van der Waals surface area contributed by atoms with E-state index in [1.165, 1.54) is 0 Å². The number of ether oxygens (including phenoxy) is 1. The van der Waals surface area contributed by atoms with Gasteiger partial charge >= 0.3 is 5.97 Å². The average Bonchev–Trinajstić information content (AvgIpc) is 2.45. The third-order valence-electron chi connectivity index (χ3n) is 2.66. The van der Waals surface area contributed by atoms with Crippen LogP contribution in [-0.4, -0.2) is 17.2 Å². The van der Waals surface area contributed by atoms with Crippen molar-refractivity contribution in [1.82, 2.24) is 0 Å². The Morgan fingerprint density at radius 2 is 2.33 bits per heavy atom. The Labute approximate surface area is 96.2 Å². The van der Waals surface area contributed by atoms with Crippen LogP contribution in [0.25, 0.3) is 0 Å². The lowest BCUT2D eigenvalue weighted by molar-refractivity contribution is -0.137. The Hall–Kier alpha value is -1.03. The monoisotopic (exact) mass is 270 g/mol. The zero-order valence-electron chi connectivity index (χ0n) is 8.24. The van der Waals surface area contributed by atoms with Crippen LogP contribution in [0.3, 0.4) is 0 Å². The van der Waals surface area contributed by atoms with Gasteiger partial charge in [0.2, 0.25) is 0 Å². The quantitative estimate of drug-likeness (QED) is 0.899. The molecule has 0 saturated carbocycles. The van der Waals surface area contributed by atoms with E-state index in [0.717, 1.165) is 15.8 Å². The van der Waals surface area contributed by atoms with Gasteiger partial charge in [-0.2, -0.15) is 0 Å². The molecular formula is C11H11BrO3. The van der Waals surface area contributed by atoms with Crippen molar-refractivity contribution in [2.75, 3.05) is 0 Å². The van der Waals surface area contributed by atoms with E-state index in [4.69, 9.17) is 9.84 Å². The number of hydrogen-bond acceptors (Lipinski definition) is 2. The molecule has 1 aromatic rings. The lowest BCUT2D eigenvalue weighted by atomic mass is 9.93. The zero-order valence-corrected chi connectivity index (χ0v) is 9.82. The summed E-state index contributed by atoms with van der Waals surface area (Å²) in [5.41, 5.74) is 0.985. The fourth-order valence-electron chi connectivity index (χ4n) is 1.93. The van der Waals surface area contributed by atoms with E-state index in [2.05, 4.69) is 15.9 Å². The largest absolute Gasteiger partial charge is 0.489 e. The average molecular weight is 271 g/mol. The minimum atomic E-state index is -0.789. The highest BCUT2D eigenvalue weighted by atomic mass is 79.9. The maximum atomic E-state index is 10.7. The van der Waals surface area contributed by atoms with Crippen molar-refractivity contribution in [3.63, 3.8) is 0 Å². The van der Waals surface area contributed by atoms with Crippen molar-refractivity contribution in [2.45, 2.75) is 25.4 Å². The number of carbonyl (C=O) groups is 1. The third kappa shape index (κ3) is 1.86. The second-order valence-corrected chi connectivity index (χ2v) is 4.54. The normalized spacial score (nSPS) is 23.3. The first-order valence-electron chi connectivity index (χ1n) is 4.76. The lowest BCUT2D eigenvalue weighted by Gasteiger charge is -2.11. The van der Waals surface area contributed by atoms with Gasteiger partial charge in [0.1, 0.15) is 11.9 Å². The van der Waals surface area contributed by atoms with E-state index in [1.807, 2.05) is 25.1 Å². The van der Waals surface area contributed by atoms with Gasteiger partial charge in [0.15, 0.2) is 0 Å². The molecule has 0 fully saturated rings. The number of carboxylic acids is 1. The topological polar surface area (TPSA) is 46.5 Å². The molecule has 15 heavy (non-hydrogen) atoms. The van der Waals surface area contributed by atoms with Crippen LogP contribution in [0.4, 0.5) is 0 Å². The molecule has 3 nitrogen and oxygen atoms in total. The van der Waals surface area contributed by atoms with Gasteiger partial charge in [0.25, 0.3) is 0 Å². The standard InChI is InChI=1S/C11H11BrO3/c1-6-8(5-10(13)14)7-3-2-4-9(12)11(7)15-6/h2-4,6,8H,5H2,1H3,(H,13,14). The van der Waals surface area contributed by atoms with Crippen LogP contribution >= 0.6 is 15.9 Å². The van der Waals surface area contributed by atoms with Gasteiger partial charge in [0.05, 0.1) is 10.9 Å². The van der Waals surface area contributed by atoms with E-state index in [0.29, 0.717) is 0 Å². The van der Waals surface area contributed by atoms with Gasteiger partial charge in [-0.3, -0.25) is 4.79 Å². The highest BCUT2D eigenvalue weighted by Gasteiger charge is 2.33. The van der Waals surface area contributed by atoms with Gasteiger partial charge in [-0.25, -0.2) is 0 Å². The number of rotatable bonds is 2. The molecule has 0 amide bonds. The SMILES string of the molecule is CC1Oc2c(Br)cccc2C1CC(=O)O. The van der Waals surface area contributed by atoms with Crippen LogP contribution < -0.4 is 4.74 Å². The Morgan fingerprint density at radius 1 is 1.60 bits per heavy atom. The molecule has 1 aromatic carbocycles. The summed E-state index contributed by atoms with van der Waals surface area (Å²) >= 11 is 3.40. The van der Waals surface area contributed by atoms with Crippen LogP contribution in [0.1, 0.15) is 24.8 Å². The van der Waals surface area contributed by atoms with E-state index >= 15 is 0 Å². The molecule has 2 unspecified atom stereocenters. The van der Waals surface area contributed by atoms with Crippen molar-refractivity contribution >= 4 is 21.9 Å². The van der Waals surface area contributed by atoms with Gasteiger partial charge < -0.3 is 9.84 Å². The summed E-state index contributed by atoms with van der Waals surface area (Å²) in [5.74, 6) is -0.0467. The molecule has 0 aromatic heterocycles. The molecule has 2 rings (SSSR count). The number of benzene rings is 1. The molecule has 80 valence electrons. The molecule has 0 saturated heterocycles. The summed E-state index contributed by atoms with van der Waals surface area (Å²) in [4.78, 5) is 10.7. The molecule has 0 aliphatic carbocycles. The number of para-hydroxylation sites is 1. The molecule has 2 atom stereocenters. The Kier molecular flexibility index (Phi) is 2.69. The summed E-state index contributed by atoms with van der Waals surface area (Å²) in [5, 5.41) is 8.82. The minimum Gasteiger partial charge on any atom is -0.489 e. The van der Waals surface area contributed by atoms with Gasteiger partial charge in [-0.15, -0.1) is 0 Å². The van der Waals surface area contributed by atoms with Crippen molar-refractivity contribution in [3.05, 3.63) is 28.2 Å². The Morgan fingerprint density at radius 3 is 3.00 bits per heavy atom. The first-order chi connectivity index (χ1) is 7.09. The molecule has 0 radical (unpaired) electrons. The van der Waals surface area contributed by atoms with E-state index in [9.17, 15) is 4.79 Å². The van der Waals surface area contributed by atoms with Gasteiger partial charge in [-0.1, -0.05) is 12.1 Å². The lowest BCUT2D eigenvalue weighted by Crippen LogP contribution is -2.17. The number of fused-ring (bicyclic) bond motifs is 1. The van der Waals surface area contributed by atoms with Crippen molar-refractivity contribution in [2.24, 2.45) is 0 Å². The number of halogens is 1. The van der Waals surface area contributed by atoms with E-state index < -0.39 is 5.97 Å². The van der Waals surface area contributed by atoms with Crippen LogP contribution in [0.2, 0.25) is 0 Å². The summed E-state index contributed by atoms with van der Waals surface area (Å²) in [6.45, 7) is 1.90. The Bertz CT molecular complexity index is 403. The number of hydrogen-bond donors (Lipinski definition) is 1. The van der Waals surface area contributed by atoms with Crippen LogP contribution in [-0.2, 0) is 4.79 Å². The predicted octanol–water partition coefficient (Wildman–Crippen LogP) is 2.79. The first kappa shape index (κ1) is 10.5. The molecule has 1 heterocycles. The maximum Gasteiger partial charge on any atom is 0.304 e. The number of carboxylic acid groups (broad SMARTS) is 1. The molecular weight excluding hydrogens is 260 g/mol. The van der Waals surface area contributed by atoms with E-state index in [-0.39, 0.29) is 18.4 Å². The Balaban J connectivity index is 2.37. The van der Waals surface area contributed by atoms with Crippen molar-refractivity contribution in [3.8, 4) is 5.75 Å². The second kappa shape index (κ2) is 3.85. The fourth-order valence-corrected chi connectivity index (χ4v) is 2.40. The third-order valence-corrected chi connectivity index (χ3v) is 3.29.